The summed E-state index contributed by atoms with van der Waals surface area (Å²) in [6.45, 7) is 0.253. The van der Waals surface area contributed by atoms with Gasteiger partial charge in [-0.15, -0.1) is 11.3 Å². The van der Waals surface area contributed by atoms with Gasteiger partial charge in [0.1, 0.15) is 5.01 Å². The molecule has 0 spiro atoms. The summed E-state index contributed by atoms with van der Waals surface area (Å²) < 4.78 is 0. The molecule has 2 rings (SSSR count). The summed E-state index contributed by atoms with van der Waals surface area (Å²) in [4.78, 5) is 28.4. The van der Waals surface area contributed by atoms with Crippen LogP contribution in [0.1, 0.15) is 17.8 Å². The van der Waals surface area contributed by atoms with E-state index < -0.39 is 6.04 Å². The molecule has 1 aliphatic rings. The monoisotopic (exact) mass is 225 g/mol. The molecule has 0 radical (unpaired) electrons. The van der Waals surface area contributed by atoms with Crippen molar-refractivity contribution in [3.05, 3.63) is 16.6 Å². The molecule has 2 amide bonds. The van der Waals surface area contributed by atoms with Gasteiger partial charge in [-0.3, -0.25) is 14.5 Å². The third kappa shape index (κ3) is 2.05. The largest absolute Gasteiger partial charge is 0.320 e. The molecule has 1 atom stereocenters. The number of hydrogen-bond acceptors (Lipinski definition) is 5. The number of carbonyl (C=O) groups is 2. The van der Waals surface area contributed by atoms with Crippen LogP contribution in [0.5, 0.6) is 0 Å². The molecule has 15 heavy (non-hydrogen) atoms. The highest BCUT2D eigenvalue weighted by Gasteiger charge is 2.32. The second kappa shape index (κ2) is 4.08. The van der Waals surface area contributed by atoms with Gasteiger partial charge in [0.2, 0.25) is 11.8 Å². The fourth-order valence-electron chi connectivity index (χ4n) is 1.49. The number of rotatable bonds is 2. The van der Waals surface area contributed by atoms with E-state index in [2.05, 4.69) is 4.98 Å². The number of amides is 2. The maximum Gasteiger partial charge on any atom is 0.246 e. The number of likely N-dealkylation sites (tertiary alicyclic amines) is 1. The Bertz CT molecular complexity index is 377. The van der Waals surface area contributed by atoms with E-state index in [4.69, 9.17) is 5.73 Å². The van der Waals surface area contributed by atoms with Gasteiger partial charge in [-0.2, -0.15) is 0 Å². The summed E-state index contributed by atoms with van der Waals surface area (Å²) in [5.41, 5.74) is 5.60. The van der Waals surface area contributed by atoms with Crippen LogP contribution in [-0.4, -0.2) is 27.7 Å². The van der Waals surface area contributed by atoms with Crippen LogP contribution in [0.3, 0.4) is 0 Å². The highest BCUT2D eigenvalue weighted by Crippen LogP contribution is 2.16. The van der Waals surface area contributed by atoms with E-state index in [9.17, 15) is 9.59 Å². The molecular weight excluding hydrogens is 214 g/mol. The minimum Gasteiger partial charge on any atom is -0.320 e. The van der Waals surface area contributed by atoms with E-state index in [0.29, 0.717) is 12.8 Å². The molecule has 1 fully saturated rings. The second-order valence-corrected chi connectivity index (χ2v) is 4.37. The van der Waals surface area contributed by atoms with Crippen LogP contribution in [0.25, 0.3) is 0 Å². The predicted octanol–water partition coefficient (Wildman–Crippen LogP) is 0.119. The molecular formula is C9H11N3O2S. The number of nitrogens with zero attached hydrogens (tertiary/aromatic N) is 2. The minimum absolute atomic E-state index is 0.156. The Morgan fingerprint density at radius 3 is 3.07 bits per heavy atom. The third-order valence-electron chi connectivity index (χ3n) is 2.33. The topological polar surface area (TPSA) is 76.3 Å². The Morgan fingerprint density at radius 2 is 2.40 bits per heavy atom. The average Bonchev–Trinajstić information content (AvgIpc) is 2.71. The molecule has 0 bridgehead atoms. The van der Waals surface area contributed by atoms with Gasteiger partial charge in [-0.25, -0.2) is 4.98 Å². The van der Waals surface area contributed by atoms with Crippen LogP contribution in [0.2, 0.25) is 0 Å². The first-order chi connectivity index (χ1) is 7.18. The highest BCUT2D eigenvalue weighted by atomic mass is 32.1. The van der Waals surface area contributed by atoms with E-state index in [1.54, 1.807) is 6.20 Å². The average molecular weight is 225 g/mol. The van der Waals surface area contributed by atoms with Crippen LogP contribution in [0, 0.1) is 0 Å². The smallest absolute Gasteiger partial charge is 0.246 e. The van der Waals surface area contributed by atoms with E-state index >= 15 is 0 Å². The van der Waals surface area contributed by atoms with Gasteiger partial charge in [0.25, 0.3) is 0 Å². The fourth-order valence-corrected chi connectivity index (χ4v) is 2.10. The third-order valence-corrected chi connectivity index (χ3v) is 3.09. The van der Waals surface area contributed by atoms with Gasteiger partial charge in [0.05, 0.1) is 12.6 Å². The lowest BCUT2D eigenvalue weighted by Crippen LogP contribution is -2.50. The van der Waals surface area contributed by atoms with Crippen molar-refractivity contribution in [1.29, 1.82) is 0 Å². The summed E-state index contributed by atoms with van der Waals surface area (Å²) in [5.74, 6) is -0.446. The Morgan fingerprint density at radius 1 is 1.60 bits per heavy atom. The van der Waals surface area contributed by atoms with Crippen LogP contribution in [0.15, 0.2) is 11.6 Å². The lowest BCUT2D eigenvalue weighted by atomic mass is 10.1. The van der Waals surface area contributed by atoms with Gasteiger partial charge in [-0.05, 0) is 6.42 Å². The van der Waals surface area contributed by atoms with Crippen molar-refractivity contribution in [2.75, 3.05) is 0 Å². The zero-order valence-corrected chi connectivity index (χ0v) is 8.87. The molecule has 6 heteroatoms. The lowest BCUT2D eigenvalue weighted by molar-refractivity contribution is -0.149. The molecule has 0 saturated carbocycles. The fraction of sp³-hybridized carbons (Fsp3) is 0.444. The molecule has 1 unspecified atom stereocenters. The maximum atomic E-state index is 11.6. The van der Waals surface area contributed by atoms with Crippen LogP contribution in [-0.2, 0) is 16.1 Å². The van der Waals surface area contributed by atoms with Crippen molar-refractivity contribution in [1.82, 2.24) is 9.88 Å². The SMILES string of the molecule is NC1CCC(=O)N(Cc2nccs2)C1=O. The number of aromatic nitrogens is 1. The van der Waals surface area contributed by atoms with Crippen molar-refractivity contribution in [2.45, 2.75) is 25.4 Å². The van der Waals surface area contributed by atoms with Crippen LogP contribution in [0.4, 0.5) is 0 Å². The Kier molecular flexibility index (Phi) is 2.79. The van der Waals surface area contributed by atoms with E-state index in [1.165, 1.54) is 16.2 Å². The van der Waals surface area contributed by atoms with E-state index in [-0.39, 0.29) is 18.4 Å². The first-order valence-electron chi connectivity index (χ1n) is 4.66. The number of imide groups is 1. The zero-order valence-electron chi connectivity index (χ0n) is 8.05. The second-order valence-electron chi connectivity index (χ2n) is 3.39. The molecule has 1 aromatic heterocycles. The molecule has 1 aromatic rings. The van der Waals surface area contributed by atoms with Crippen molar-refractivity contribution >= 4 is 23.2 Å². The van der Waals surface area contributed by atoms with Gasteiger partial charge in [-0.1, -0.05) is 0 Å². The summed E-state index contributed by atoms with van der Waals surface area (Å²) >= 11 is 1.42. The molecule has 2 heterocycles. The normalized spacial score (nSPS) is 22.2. The summed E-state index contributed by atoms with van der Waals surface area (Å²) in [6.07, 6.45) is 2.45. The van der Waals surface area contributed by atoms with Crippen molar-refractivity contribution < 1.29 is 9.59 Å². The van der Waals surface area contributed by atoms with Gasteiger partial charge < -0.3 is 5.73 Å². The molecule has 5 nitrogen and oxygen atoms in total. The first-order valence-corrected chi connectivity index (χ1v) is 5.54. The Labute approximate surface area is 90.9 Å². The van der Waals surface area contributed by atoms with Crippen LogP contribution >= 0.6 is 11.3 Å². The molecule has 80 valence electrons. The Hall–Kier alpha value is -1.27. The first kappa shape index (κ1) is 10.3. The van der Waals surface area contributed by atoms with Crippen molar-refractivity contribution in [3.8, 4) is 0 Å². The van der Waals surface area contributed by atoms with Crippen molar-refractivity contribution in [2.24, 2.45) is 5.73 Å². The minimum atomic E-state index is -0.539. The summed E-state index contributed by atoms with van der Waals surface area (Å²) in [7, 11) is 0. The number of carbonyl (C=O) groups excluding carboxylic acids is 2. The van der Waals surface area contributed by atoms with Gasteiger partial charge in [0, 0.05) is 18.0 Å². The number of thiazole rings is 1. The highest BCUT2D eigenvalue weighted by molar-refractivity contribution is 7.09. The van der Waals surface area contributed by atoms with E-state index in [0.717, 1.165) is 5.01 Å². The van der Waals surface area contributed by atoms with Crippen LogP contribution < -0.4 is 5.73 Å². The zero-order chi connectivity index (χ0) is 10.8. The standard InChI is InChI=1S/C9H11N3O2S/c10-6-1-2-8(13)12(9(6)14)5-7-11-3-4-15-7/h3-4,6H,1-2,5,10H2. The van der Waals surface area contributed by atoms with Crippen molar-refractivity contribution in [3.63, 3.8) is 0 Å². The number of hydrogen-bond donors (Lipinski definition) is 1. The molecule has 0 aromatic carbocycles. The Balaban J connectivity index is 2.12. The molecule has 0 aliphatic carbocycles. The number of nitrogens with two attached hydrogens (primary N) is 1. The molecule has 1 aliphatic heterocycles. The lowest BCUT2D eigenvalue weighted by Gasteiger charge is -2.27. The molecule has 1 saturated heterocycles. The quantitative estimate of drug-likeness (QED) is 0.725. The van der Waals surface area contributed by atoms with Gasteiger partial charge in [0.15, 0.2) is 0 Å². The van der Waals surface area contributed by atoms with Gasteiger partial charge >= 0.3 is 0 Å². The molecule has 2 N–H and O–H groups in total. The summed E-state index contributed by atoms with van der Waals surface area (Å²) in [6, 6.07) is -0.539. The van der Waals surface area contributed by atoms with E-state index in [1.807, 2.05) is 5.38 Å². The number of piperidine rings is 1. The predicted molar refractivity (Wildman–Crippen MR) is 54.9 cm³/mol. The summed E-state index contributed by atoms with van der Waals surface area (Å²) in [5, 5.41) is 2.57. The maximum absolute atomic E-state index is 11.6.